The molecule has 21 heavy (non-hydrogen) atoms. The van der Waals surface area contributed by atoms with Crippen molar-refractivity contribution in [1.29, 1.82) is 0 Å². The summed E-state index contributed by atoms with van der Waals surface area (Å²) in [5.74, 6) is 1.56. The molecule has 2 aromatic heterocycles. The Morgan fingerprint density at radius 3 is 2.67 bits per heavy atom. The zero-order valence-electron chi connectivity index (χ0n) is 13.2. The van der Waals surface area contributed by atoms with E-state index in [9.17, 15) is 5.11 Å². The summed E-state index contributed by atoms with van der Waals surface area (Å²) in [4.78, 5) is 1.88. The average Bonchev–Trinajstić information content (AvgIpc) is 2.81. The molecule has 0 saturated carbocycles. The van der Waals surface area contributed by atoms with Crippen LogP contribution in [-0.4, -0.2) is 58.3 Å². The second kappa shape index (κ2) is 5.95. The summed E-state index contributed by atoms with van der Waals surface area (Å²) in [5.41, 5.74) is 0.577. The van der Waals surface area contributed by atoms with Gasteiger partial charge in [0, 0.05) is 26.1 Å². The number of fused-ring (bicyclic) bond motifs is 1. The van der Waals surface area contributed by atoms with Crippen molar-refractivity contribution in [2.24, 2.45) is 0 Å². The van der Waals surface area contributed by atoms with Crippen LogP contribution in [0.3, 0.4) is 0 Å². The maximum atomic E-state index is 9.81. The fraction of sp³-hybridized carbons (Fsp3) is 0.643. The van der Waals surface area contributed by atoms with Gasteiger partial charge in [0.15, 0.2) is 11.5 Å². The van der Waals surface area contributed by atoms with Crippen molar-refractivity contribution in [1.82, 2.24) is 19.8 Å². The summed E-state index contributed by atoms with van der Waals surface area (Å²) in [6.45, 7) is 6.96. The number of nitrogens with zero attached hydrogens (tertiary/aromatic N) is 5. The largest absolute Gasteiger partial charge is 0.389 e. The lowest BCUT2D eigenvalue weighted by molar-refractivity contribution is 0.0694. The number of anilines is 1. The average molecular weight is 293 g/mol. The van der Waals surface area contributed by atoms with Gasteiger partial charge in [-0.2, -0.15) is 4.52 Å². The van der Waals surface area contributed by atoms with Crippen LogP contribution in [0.2, 0.25) is 0 Å². The maximum absolute atomic E-state index is 9.81. The van der Waals surface area contributed by atoms with Crippen molar-refractivity contribution in [3.63, 3.8) is 0 Å². The summed E-state index contributed by atoms with van der Waals surface area (Å²) in [6, 6.07) is 3.75. The second-order valence-electron chi connectivity index (χ2n) is 6.22. The zero-order chi connectivity index (χ0) is 15.6. The van der Waals surface area contributed by atoms with Crippen LogP contribution in [-0.2, 0) is 10.2 Å². The van der Waals surface area contributed by atoms with Crippen molar-refractivity contribution in [2.45, 2.75) is 32.3 Å². The zero-order valence-corrected chi connectivity index (χ0v) is 13.2. The Kier molecular flexibility index (Phi) is 4.43. The lowest BCUT2D eigenvalue weighted by atomic mass is 9.96. The van der Waals surface area contributed by atoms with Gasteiger partial charge in [0.05, 0.1) is 12.7 Å². The minimum atomic E-state index is -0.555. The molecular weight excluding hydrogens is 270 g/mol. The number of rotatable bonds is 5. The number of aliphatic hydroxyl groups excluding tert-OH is 1. The highest BCUT2D eigenvalue weighted by Crippen LogP contribution is 2.21. The van der Waals surface area contributed by atoms with Crippen LogP contribution in [0.5, 0.6) is 0 Å². The van der Waals surface area contributed by atoms with E-state index in [0.29, 0.717) is 13.2 Å². The van der Waals surface area contributed by atoms with E-state index in [4.69, 9.17) is 4.74 Å². The second-order valence-corrected chi connectivity index (χ2v) is 6.22. The monoisotopic (exact) mass is 293 g/mol. The van der Waals surface area contributed by atoms with Gasteiger partial charge in [-0.15, -0.1) is 15.3 Å². The molecule has 7 nitrogen and oxygen atoms in total. The third-order valence-electron chi connectivity index (χ3n) is 3.15. The molecule has 116 valence electrons. The molecule has 2 heterocycles. The number of aromatic nitrogens is 4. The van der Waals surface area contributed by atoms with Gasteiger partial charge in [-0.1, -0.05) is 20.8 Å². The fourth-order valence-electron chi connectivity index (χ4n) is 2.11. The Hall–Kier alpha value is -1.73. The van der Waals surface area contributed by atoms with E-state index in [1.54, 1.807) is 11.6 Å². The third kappa shape index (κ3) is 3.48. The predicted molar refractivity (Wildman–Crippen MR) is 80.6 cm³/mol. The highest BCUT2D eigenvalue weighted by Gasteiger charge is 2.22. The lowest BCUT2D eigenvalue weighted by Gasteiger charge is -2.22. The van der Waals surface area contributed by atoms with E-state index in [1.807, 2.05) is 24.1 Å². The van der Waals surface area contributed by atoms with Gasteiger partial charge >= 0.3 is 0 Å². The van der Waals surface area contributed by atoms with Crippen LogP contribution in [0.25, 0.3) is 5.65 Å². The summed E-state index contributed by atoms with van der Waals surface area (Å²) < 4.78 is 6.70. The van der Waals surface area contributed by atoms with Gasteiger partial charge in [0.25, 0.3) is 0 Å². The quantitative estimate of drug-likeness (QED) is 0.881. The molecule has 0 aromatic carbocycles. The normalized spacial score (nSPS) is 13.6. The van der Waals surface area contributed by atoms with Gasteiger partial charge in [-0.3, -0.25) is 0 Å². The Morgan fingerprint density at radius 1 is 1.33 bits per heavy atom. The highest BCUT2D eigenvalue weighted by molar-refractivity contribution is 5.45. The molecule has 1 unspecified atom stereocenters. The molecule has 0 spiro atoms. The molecule has 0 aliphatic carbocycles. The first-order chi connectivity index (χ1) is 9.82. The van der Waals surface area contributed by atoms with Crippen molar-refractivity contribution in [2.75, 3.05) is 32.2 Å². The molecule has 2 aromatic rings. The smallest absolute Gasteiger partial charge is 0.178 e. The molecule has 0 fully saturated rings. The Balaban J connectivity index is 2.29. The topological polar surface area (TPSA) is 75.8 Å². The van der Waals surface area contributed by atoms with Crippen LogP contribution >= 0.6 is 0 Å². The van der Waals surface area contributed by atoms with Crippen molar-refractivity contribution in [3.05, 3.63) is 18.0 Å². The van der Waals surface area contributed by atoms with Gasteiger partial charge < -0.3 is 14.7 Å². The standard InChI is InChI=1S/C14H23N5O2/c1-14(2,3)13-16-15-11-6-7-12(17-19(11)13)18(4)8-10(20)9-21-5/h6-7,10,20H,8-9H2,1-5H3. The van der Waals surface area contributed by atoms with E-state index in [-0.39, 0.29) is 5.41 Å². The predicted octanol–water partition coefficient (Wildman–Crippen LogP) is 0.865. The summed E-state index contributed by atoms with van der Waals surface area (Å²) in [7, 11) is 3.45. The van der Waals surface area contributed by atoms with E-state index >= 15 is 0 Å². The molecule has 0 bridgehead atoms. The molecule has 0 saturated heterocycles. The van der Waals surface area contributed by atoms with Crippen molar-refractivity contribution >= 4 is 11.5 Å². The molecule has 7 heteroatoms. The molecule has 0 aliphatic heterocycles. The number of hydrogen-bond acceptors (Lipinski definition) is 6. The Morgan fingerprint density at radius 2 is 2.05 bits per heavy atom. The summed E-state index contributed by atoms with van der Waals surface area (Å²) >= 11 is 0. The first-order valence-electron chi connectivity index (χ1n) is 6.94. The molecule has 2 rings (SSSR count). The number of methoxy groups -OCH3 is 1. The van der Waals surface area contributed by atoms with Gasteiger partial charge in [-0.05, 0) is 12.1 Å². The van der Waals surface area contributed by atoms with Gasteiger partial charge in [0.1, 0.15) is 5.82 Å². The van der Waals surface area contributed by atoms with E-state index in [0.717, 1.165) is 17.3 Å². The molecular formula is C14H23N5O2. The summed E-state index contributed by atoms with van der Waals surface area (Å²) in [5, 5.41) is 22.8. The highest BCUT2D eigenvalue weighted by atomic mass is 16.5. The van der Waals surface area contributed by atoms with E-state index in [1.165, 1.54) is 0 Å². The van der Waals surface area contributed by atoms with Crippen LogP contribution in [0, 0.1) is 0 Å². The fourth-order valence-corrected chi connectivity index (χ4v) is 2.11. The van der Waals surface area contributed by atoms with Crippen LogP contribution in [0.15, 0.2) is 12.1 Å². The van der Waals surface area contributed by atoms with Crippen LogP contribution < -0.4 is 4.90 Å². The Bertz CT molecular complexity index is 605. The number of hydrogen-bond donors (Lipinski definition) is 1. The van der Waals surface area contributed by atoms with Crippen molar-refractivity contribution in [3.8, 4) is 0 Å². The third-order valence-corrected chi connectivity index (χ3v) is 3.15. The molecule has 1 N–H and O–H groups in total. The van der Waals surface area contributed by atoms with Crippen LogP contribution in [0.1, 0.15) is 26.6 Å². The first kappa shape index (κ1) is 15.7. The number of likely N-dealkylation sites (N-methyl/N-ethyl adjacent to an activating group) is 1. The molecule has 0 radical (unpaired) electrons. The SMILES string of the molecule is COCC(O)CN(C)c1ccc2nnc(C(C)(C)C)n2n1. The summed E-state index contributed by atoms with van der Waals surface area (Å²) in [6.07, 6.45) is -0.555. The maximum Gasteiger partial charge on any atom is 0.178 e. The molecule has 1 atom stereocenters. The van der Waals surface area contributed by atoms with Gasteiger partial charge in [0.2, 0.25) is 0 Å². The number of aliphatic hydroxyl groups is 1. The minimum absolute atomic E-state index is 0.140. The first-order valence-corrected chi connectivity index (χ1v) is 6.94. The Labute approximate surface area is 124 Å². The van der Waals surface area contributed by atoms with Crippen LogP contribution in [0.4, 0.5) is 5.82 Å². The molecule has 0 aliphatic rings. The van der Waals surface area contributed by atoms with E-state index < -0.39 is 6.10 Å². The minimum Gasteiger partial charge on any atom is -0.389 e. The van der Waals surface area contributed by atoms with Gasteiger partial charge in [-0.25, -0.2) is 0 Å². The lowest BCUT2D eigenvalue weighted by Crippen LogP contribution is -2.32. The number of ether oxygens (including phenoxy) is 1. The van der Waals surface area contributed by atoms with Crippen molar-refractivity contribution < 1.29 is 9.84 Å². The van der Waals surface area contributed by atoms with E-state index in [2.05, 4.69) is 36.1 Å². The molecule has 0 amide bonds.